The smallest absolute Gasteiger partial charge is 0.203 e. The van der Waals surface area contributed by atoms with Crippen molar-refractivity contribution in [1.29, 1.82) is 0 Å². The molecular weight excluding hydrogens is 517 g/mol. The molecule has 172 valence electrons. The molecule has 7 nitrogen and oxygen atoms in total. The third kappa shape index (κ3) is 7.18. The van der Waals surface area contributed by atoms with Gasteiger partial charge in [-0.2, -0.15) is 0 Å². The number of hydrogen-bond acceptors (Lipinski definition) is 5. The van der Waals surface area contributed by atoms with Crippen LogP contribution < -0.4 is 24.8 Å². The number of benzene rings is 1. The van der Waals surface area contributed by atoms with Crippen LogP contribution in [0.1, 0.15) is 45.1 Å². The molecule has 1 aromatic rings. The van der Waals surface area contributed by atoms with E-state index in [0.29, 0.717) is 23.8 Å². The van der Waals surface area contributed by atoms with Crippen LogP contribution in [0.4, 0.5) is 0 Å². The molecule has 0 aromatic heterocycles. The van der Waals surface area contributed by atoms with E-state index in [1.165, 1.54) is 0 Å². The van der Waals surface area contributed by atoms with Crippen molar-refractivity contribution >= 4 is 40.7 Å². The highest BCUT2D eigenvalue weighted by molar-refractivity contribution is 14.0. The van der Waals surface area contributed by atoms with Crippen molar-refractivity contribution in [3.05, 3.63) is 17.7 Å². The van der Waals surface area contributed by atoms with E-state index in [2.05, 4.69) is 10.6 Å². The van der Waals surface area contributed by atoms with Crippen LogP contribution in [0.3, 0.4) is 0 Å². The maximum Gasteiger partial charge on any atom is 0.203 e. The van der Waals surface area contributed by atoms with Crippen molar-refractivity contribution in [1.82, 2.24) is 10.6 Å². The molecule has 2 rings (SSSR count). The number of ether oxygens (including phenoxy) is 3. The fourth-order valence-corrected chi connectivity index (χ4v) is 5.06. The Morgan fingerprint density at radius 2 is 1.87 bits per heavy atom. The Morgan fingerprint density at radius 3 is 2.47 bits per heavy atom. The van der Waals surface area contributed by atoms with Crippen LogP contribution >= 0.6 is 24.0 Å². The molecule has 1 aliphatic rings. The molecular formula is C21H36IN3O4S. The number of hydrogen-bond donors (Lipinski definition) is 2. The number of aliphatic imine (C=N–C) groups is 1. The first kappa shape index (κ1) is 26.8. The third-order valence-corrected chi connectivity index (χ3v) is 6.90. The molecule has 1 saturated carbocycles. The summed E-state index contributed by atoms with van der Waals surface area (Å²) in [6.07, 6.45) is 4.14. The number of rotatable bonds is 9. The number of guanidine groups is 1. The number of halogens is 1. The van der Waals surface area contributed by atoms with E-state index in [-0.39, 0.29) is 35.3 Å². The molecule has 0 heterocycles. The SMILES string of the molecule is CCNC(=NCc1ccc(OC)c(OC)c1OC)NC1CCCC(S(=O)CC)C1.I. The van der Waals surface area contributed by atoms with Crippen molar-refractivity contribution in [2.75, 3.05) is 33.6 Å². The molecule has 1 aromatic carbocycles. The fraction of sp³-hybridized carbons (Fsp3) is 0.667. The molecule has 0 aliphatic heterocycles. The molecule has 1 aliphatic carbocycles. The van der Waals surface area contributed by atoms with Crippen molar-refractivity contribution in [2.45, 2.75) is 57.4 Å². The minimum absolute atomic E-state index is 0. The monoisotopic (exact) mass is 553 g/mol. The number of nitrogens with zero attached hydrogens (tertiary/aromatic N) is 1. The van der Waals surface area contributed by atoms with Crippen LogP contribution in [-0.4, -0.2) is 55.1 Å². The lowest BCUT2D eigenvalue weighted by atomic mass is 9.95. The molecule has 3 atom stereocenters. The number of nitrogens with one attached hydrogen (secondary N) is 2. The minimum atomic E-state index is -0.740. The van der Waals surface area contributed by atoms with Crippen molar-refractivity contribution < 1.29 is 18.4 Å². The maximum atomic E-state index is 12.2. The van der Waals surface area contributed by atoms with E-state index >= 15 is 0 Å². The Morgan fingerprint density at radius 1 is 1.13 bits per heavy atom. The van der Waals surface area contributed by atoms with E-state index in [9.17, 15) is 4.21 Å². The second kappa shape index (κ2) is 14.0. The molecule has 9 heteroatoms. The van der Waals surface area contributed by atoms with Gasteiger partial charge in [-0.05, 0) is 38.3 Å². The van der Waals surface area contributed by atoms with Crippen LogP contribution in [0.2, 0.25) is 0 Å². The van der Waals surface area contributed by atoms with E-state index < -0.39 is 10.8 Å². The zero-order chi connectivity index (χ0) is 21.2. The summed E-state index contributed by atoms with van der Waals surface area (Å²) in [5, 5.41) is 7.12. The van der Waals surface area contributed by atoms with E-state index in [4.69, 9.17) is 19.2 Å². The van der Waals surface area contributed by atoms with Gasteiger partial charge >= 0.3 is 0 Å². The zero-order valence-electron chi connectivity index (χ0n) is 18.7. The summed E-state index contributed by atoms with van der Waals surface area (Å²) in [6.45, 7) is 5.25. The van der Waals surface area contributed by atoms with Gasteiger partial charge in [0.05, 0.1) is 27.9 Å². The molecule has 0 bridgehead atoms. The second-order valence-corrected chi connectivity index (χ2v) is 8.99. The molecule has 1 fully saturated rings. The summed E-state index contributed by atoms with van der Waals surface area (Å²) in [4.78, 5) is 4.75. The molecule has 30 heavy (non-hydrogen) atoms. The van der Waals surface area contributed by atoms with E-state index in [1.54, 1.807) is 21.3 Å². The van der Waals surface area contributed by atoms with Crippen molar-refractivity contribution in [3.63, 3.8) is 0 Å². The van der Waals surface area contributed by atoms with Crippen LogP contribution in [0, 0.1) is 0 Å². The summed E-state index contributed by atoms with van der Waals surface area (Å²) >= 11 is 0. The fourth-order valence-electron chi connectivity index (χ4n) is 3.72. The largest absolute Gasteiger partial charge is 0.493 e. The lowest BCUT2D eigenvalue weighted by Gasteiger charge is -2.30. The van der Waals surface area contributed by atoms with Crippen LogP contribution in [0.25, 0.3) is 0 Å². The first-order chi connectivity index (χ1) is 14.1. The van der Waals surface area contributed by atoms with Gasteiger partial charge in [-0.1, -0.05) is 13.3 Å². The van der Waals surface area contributed by atoms with Gasteiger partial charge in [0.15, 0.2) is 17.5 Å². The van der Waals surface area contributed by atoms with Crippen LogP contribution in [0.5, 0.6) is 17.2 Å². The van der Waals surface area contributed by atoms with Crippen LogP contribution in [-0.2, 0) is 17.3 Å². The quantitative estimate of drug-likeness (QED) is 0.277. The van der Waals surface area contributed by atoms with Crippen molar-refractivity contribution in [3.8, 4) is 17.2 Å². The van der Waals surface area contributed by atoms with Gasteiger partial charge in [0.25, 0.3) is 0 Å². The highest BCUT2D eigenvalue weighted by Gasteiger charge is 2.26. The Hall–Kier alpha value is -1.23. The molecule has 3 unspecified atom stereocenters. The molecule has 2 N–H and O–H groups in total. The lowest BCUT2D eigenvalue weighted by Crippen LogP contribution is -2.46. The zero-order valence-corrected chi connectivity index (χ0v) is 21.8. The van der Waals surface area contributed by atoms with E-state index in [1.807, 2.05) is 26.0 Å². The highest BCUT2D eigenvalue weighted by atomic mass is 127. The molecule has 0 radical (unpaired) electrons. The van der Waals surface area contributed by atoms with Gasteiger partial charge in [-0.15, -0.1) is 24.0 Å². The molecule has 0 amide bonds. The van der Waals surface area contributed by atoms with Gasteiger partial charge in [-0.3, -0.25) is 4.21 Å². The standard InChI is InChI=1S/C21H35N3O4S.HI/c1-6-22-21(24-16-9-8-10-17(13-16)29(25)7-2)23-14-15-11-12-18(26-3)20(28-5)19(15)27-4;/h11-12,16-17H,6-10,13-14H2,1-5H3,(H2,22,23,24);1H. The Labute approximate surface area is 200 Å². The lowest BCUT2D eigenvalue weighted by molar-refractivity contribution is 0.322. The Bertz CT molecular complexity index is 718. The summed E-state index contributed by atoms with van der Waals surface area (Å²) < 4.78 is 28.6. The van der Waals surface area contributed by atoms with Gasteiger partial charge < -0.3 is 24.8 Å². The second-order valence-electron chi connectivity index (χ2n) is 6.99. The highest BCUT2D eigenvalue weighted by Crippen LogP contribution is 2.40. The van der Waals surface area contributed by atoms with Gasteiger partial charge in [-0.25, -0.2) is 4.99 Å². The average Bonchev–Trinajstić information content (AvgIpc) is 2.76. The molecule has 0 spiro atoms. The minimum Gasteiger partial charge on any atom is -0.493 e. The number of methoxy groups -OCH3 is 3. The summed E-state index contributed by atoms with van der Waals surface area (Å²) in [5.41, 5.74) is 0.913. The predicted octanol–water partition coefficient (Wildman–Crippen LogP) is 3.47. The maximum absolute atomic E-state index is 12.2. The summed E-state index contributed by atoms with van der Waals surface area (Å²) in [5.74, 6) is 3.31. The predicted molar refractivity (Wildman–Crippen MR) is 134 cm³/mol. The third-order valence-electron chi connectivity index (χ3n) is 5.16. The van der Waals surface area contributed by atoms with Crippen LogP contribution in [0.15, 0.2) is 17.1 Å². The normalized spacial score (nSPS) is 20.0. The first-order valence-electron chi connectivity index (χ1n) is 10.3. The van der Waals surface area contributed by atoms with E-state index in [0.717, 1.165) is 49.5 Å². The Balaban J connectivity index is 0.00000450. The topological polar surface area (TPSA) is 81.2 Å². The summed E-state index contributed by atoms with van der Waals surface area (Å²) in [7, 11) is 4.07. The summed E-state index contributed by atoms with van der Waals surface area (Å²) in [6, 6.07) is 4.08. The van der Waals surface area contributed by atoms with Gasteiger partial charge in [0, 0.05) is 40.0 Å². The van der Waals surface area contributed by atoms with Gasteiger partial charge in [0.2, 0.25) is 5.75 Å². The Kier molecular flexibility index (Phi) is 12.5. The first-order valence-corrected chi connectivity index (χ1v) is 11.7. The van der Waals surface area contributed by atoms with Gasteiger partial charge in [0.1, 0.15) is 0 Å². The van der Waals surface area contributed by atoms with Crippen molar-refractivity contribution in [2.24, 2.45) is 4.99 Å². The molecule has 0 saturated heterocycles. The average molecular weight is 554 g/mol.